The third kappa shape index (κ3) is 4.77. The molecule has 1 N–H and O–H groups in total. The van der Waals surface area contributed by atoms with Crippen LogP contribution in [0.15, 0.2) is 10.7 Å². The molecular formula is C13H22N2O2. The molecule has 4 nitrogen and oxygen atoms in total. The molecule has 4 heteroatoms. The second-order valence-electron chi connectivity index (χ2n) is 5.79. The second kappa shape index (κ2) is 5.08. The summed E-state index contributed by atoms with van der Waals surface area (Å²) in [6.07, 6.45) is 5.89. The predicted octanol–water partition coefficient (Wildman–Crippen LogP) is 2.74. The van der Waals surface area contributed by atoms with E-state index in [2.05, 4.69) is 31.1 Å². The molecule has 0 aromatic carbocycles. The van der Waals surface area contributed by atoms with Crippen LogP contribution in [-0.2, 0) is 6.54 Å². The summed E-state index contributed by atoms with van der Waals surface area (Å²) >= 11 is 0. The molecular weight excluding hydrogens is 216 g/mol. The minimum absolute atomic E-state index is 0.0892. The van der Waals surface area contributed by atoms with E-state index >= 15 is 0 Å². The van der Waals surface area contributed by atoms with E-state index in [-0.39, 0.29) is 5.54 Å². The third-order valence-electron chi connectivity index (χ3n) is 2.78. The van der Waals surface area contributed by atoms with E-state index < -0.39 is 0 Å². The molecule has 1 saturated carbocycles. The van der Waals surface area contributed by atoms with Gasteiger partial charge in [-0.2, -0.15) is 4.98 Å². The minimum atomic E-state index is 0.0892. The first-order valence-electron chi connectivity index (χ1n) is 6.35. The lowest BCUT2D eigenvalue weighted by molar-refractivity contribution is 0.222. The van der Waals surface area contributed by atoms with Crippen LogP contribution < -0.4 is 10.1 Å². The number of nitrogens with zero attached hydrogens (tertiary/aromatic N) is 1. The minimum Gasteiger partial charge on any atom is -0.450 e. The van der Waals surface area contributed by atoms with E-state index in [1.807, 2.05) is 0 Å². The van der Waals surface area contributed by atoms with Crippen molar-refractivity contribution in [1.82, 2.24) is 10.3 Å². The van der Waals surface area contributed by atoms with Crippen LogP contribution in [0.2, 0.25) is 0 Å². The number of nitrogens with one attached hydrogen (secondary N) is 1. The van der Waals surface area contributed by atoms with Gasteiger partial charge in [0.2, 0.25) is 0 Å². The molecule has 0 aliphatic heterocycles. The molecule has 17 heavy (non-hydrogen) atoms. The van der Waals surface area contributed by atoms with Crippen LogP contribution in [-0.4, -0.2) is 17.1 Å². The molecule has 0 unspecified atom stereocenters. The molecule has 0 bridgehead atoms. The van der Waals surface area contributed by atoms with E-state index in [0.717, 1.165) is 24.6 Å². The fraction of sp³-hybridized carbons (Fsp3) is 0.769. The quantitative estimate of drug-likeness (QED) is 0.827. The van der Waals surface area contributed by atoms with Gasteiger partial charge in [-0.15, -0.1) is 0 Å². The molecule has 1 aliphatic rings. The van der Waals surface area contributed by atoms with E-state index in [1.54, 1.807) is 6.26 Å². The van der Waals surface area contributed by atoms with Crippen molar-refractivity contribution in [2.75, 3.05) is 6.61 Å². The Morgan fingerprint density at radius 1 is 1.47 bits per heavy atom. The molecule has 1 fully saturated rings. The maximum atomic E-state index is 5.46. The van der Waals surface area contributed by atoms with Gasteiger partial charge in [0.05, 0.1) is 12.3 Å². The first-order chi connectivity index (χ1) is 8.03. The number of hydrogen-bond acceptors (Lipinski definition) is 4. The second-order valence-corrected chi connectivity index (χ2v) is 5.79. The normalized spacial score (nSPS) is 16.2. The highest BCUT2D eigenvalue weighted by Gasteiger charge is 2.21. The van der Waals surface area contributed by atoms with Crippen molar-refractivity contribution in [3.8, 4) is 6.08 Å². The van der Waals surface area contributed by atoms with Gasteiger partial charge in [0.25, 0.3) is 0 Å². The zero-order valence-corrected chi connectivity index (χ0v) is 11.0. The average molecular weight is 238 g/mol. The molecule has 1 heterocycles. The summed E-state index contributed by atoms with van der Waals surface area (Å²) in [5.74, 6) is 0.881. The van der Waals surface area contributed by atoms with Gasteiger partial charge in [-0.25, -0.2) is 0 Å². The van der Waals surface area contributed by atoms with Gasteiger partial charge >= 0.3 is 6.08 Å². The lowest BCUT2D eigenvalue weighted by Gasteiger charge is -2.19. The summed E-state index contributed by atoms with van der Waals surface area (Å²) in [7, 11) is 0. The summed E-state index contributed by atoms with van der Waals surface area (Å²) < 4.78 is 10.7. The molecule has 0 saturated heterocycles. The first-order valence-corrected chi connectivity index (χ1v) is 6.35. The van der Waals surface area contributed by atoms with Crippen molar-refractivity contribution in [3.63, 3.8) is 0 Å². The highest BCUT2D eigenvalue weighted by atomic mass is 16.6. The SMILES string of the molecule is CC(C)(C)NCc1coc(OCCC2CC2)n1. The van der Waals surface area contributed by atoms with Crippen LogP contribution >= 0.6 is 0 Å². The predicted molar refractivity (Wildman–Crippen MR) is 65.9 cm³/mol. The molecule has 1 aliphatic carbocycles. The fourth-order valence-corrected chi connectivity index (χ4v) is 1.51. The van der Waals surface area contributed by atoms with Crippen LogP contribution in [0.3, 0.4) is 0 Å². The van der Waals surface area contributed by atoms with Gasteiger partial charge in [-0.3, -0.25) is 0 Å². The Morgan fingerprint density at radius 2 is 2.24 bits per heavy atom. The lowest BCUT2D eigenvalue weighted by atomic mass is 10.1. The standard InChI is InChI=1S/C13H22N2O2/c1-13(2,3)14-8-11-9-17-12(15-11)16-7-6-10-4-5-10/h9-10,14H,4-8H2,1-3H3. The van der Waals surface area contributed by atoms with E-state index in [0.29, 0.717) is 12.6 Å². The lowest BCUT2D eigenvalue weighted by Crippen LogP contribution is -2.35. The maximum absolute atomic E-state index is 5.46. The third-order valence-corrected chi connectivity index (χ3v) is 2.78. The Labute approximate surface area is 103 Å². The molecule has 96 valence electrons. The van der Waals surface area contributed by atoms with Crippen LogP contribution in [0.1, 0.15) is 45.7 Å². The largest absolute Gasteiger partial charge is 0.450 e. The average Bonchev–Trinajstić information content (AvgIpc) is 2.93. The fourth-order valence-electron chi connectivity index (χ4n) is 1.51. The highest BCUT2D eigenvalue weighted by molar-refractivity contribution is 5.00. The number of hydrogen-bond donors (Lipinski definition) is 1. The van der Waals surface area contributed by atoms with Gasteiger partial charge in [0, 0.05) is 12.1 Å². The van der Waals surface area contributed by atoms with Crippen molar-refractivity contribution in [2.24, 2.45) is 5.92 Å². The Bertz CT molecular complexity index is 351. The summed E-state index contributed by atoms with van der Waals surface area (Å²) in [6.45, 7) is 7.80. The van der Waals surface area contributed by atoms with Gasteiger partial charge in [-0.1, -0.05) is 12.8 Å². The van der Waals surface area contributed by atoms with Crippen LogP contribution in [0.5, 0.6) is 6.08 Å². The van der Waals surface area contributed by atoms with Gasteiger partial charge < -0.3 is 14.5 Å². The number of aromatic nitrogens is 1. The number of ether oxygens (including phenoxy) is 1. The molecule has 0 radical (unpaired) electrons. The zero-order chi connectivity index (χ0) is 12.3. The number of rotatable bonds is 6. The Hall–Kier alpha value is -1.03. The van der Waals surface area contributed by atoms with Gasteiger partial charge in [0.15, 0.2) is 0 Å². The summed E-state index contributed by atoms with van der Waals surface area (Å²) in [5.41, 5.74) is 0.979. The smallest absolute Gasteiger partial charge is 0.393 e. The van der Waals surface area contributed by atoms with Crippen LogP contribution in [0.4, 0.5) is 0 Å². The highest BCUT2D eigenvalue weighted by Crippen LogP contribution is 2.32. The zero-order valence-electron chi connectivity index (χ0n) is 11.0. The Balaban J connectivity index is 1.70. The van der Waals surface area contributed by atoms with Crippen molar-refractivity contribution in [1.29, 1.82) is 0 Å². The summed E-state index contributed by atoms with van der Waals surface area (Å²) in [4.78, 5) is 4.28. The van der Waals surface area contributed by atoms with Gasteiger partial charge in [-0.05, 0) is 33.1 Å². The van der Waals surface area contributed by atoms with Crippen molar-refractivity contribution >= 4 is 0 Å². The molecule has 1 aromatic rings. The van der Waals surface area contributed by atoms with Crippen LogP contribution in [0.25, 0.3) is 0 Å². The molecule has 0 amide bonds. The number of oxazole rings is 1. The van der Waals surface area contributed by atoms with Crippen molar-refractivity contribution in [2.45, 2.75) is 52.1 Å². The van der Waals surface area contributed by atoms with E-state index in [4.69, 9.17) is 9.15 Å². The molecule has 1 aromatic heterocycles. The monoisotopic (exact) mass is 238 g/mol. The summed E-state index contributed by atoms with van der Waals surface area (Å²) in [6, 6.07) is 0. The maximum Gasteiger partial charge on any atom is 0.393 e. The van der Waals surface area contributed by atoms with Crippen molar-refractivity contribution in [3.05, 3.63) is 12.0 Å². The Kier molecular flexibility index (Phi) is 3.72. The van der Waals surface area contributed by atoms with E-state index in [1.165, 1.54) is 12.8 Å². The molecule has 0 atom stereocenters. The van der Waals surface area contributed by atoms with E-state index in [9.17, 15) is 0 Å². The summed E-state index contributed by atoms with van der Waals surface area (Å²) in [5, 5.41) is 3.36. The van der Waals surface area contributed by atoms with Crippen LogP contribution in [0, 0.1) is 5.92 Å². The Morgan fingerprint density at radius 3 is 2.88 bits per heavy atom. The molecule has 2 rings (SSSR count). The van der Waals surface area contributed by atoms with Gasteiger partial charge in [0.1, 0.15) is 6.26 Å². The van der Waals surface area contributed by atoms with Crippen molar-refractivity contribution < 1.29 is 9.15 Å². The topological polar surface area (TPSA) is 47.3 Å². The molecule has 0 spiro atoms. The first kappa shape index (κ1) is 12.4.